The fourth-order valence-corrected chi connectivity index (χ4v) is 5.18. The molecule has 2 heterocycles. The second kappa shape index (κ2) is 9.86. The number of benzene rings is 1. The molecule has 32 heavy (non-hydrogen) atoms. The molecule has 1 aliphatic heterocycles. The van der Waals surface area contributed by atoms with Crippen LogP contribution in [0.2, 0.25) is 0 Å². The molecule has 2 N–H and O–H groups in total. The maximum atomic E-state index is 13.8. The minimum Gasteiger partial charge on any atom is -0.497 e. The van der Waals surface area contributed by atoms with E-state index in [0.29, 0.717) is 12.5 Å². The van der Waals surface area contributed by atoms with Crippen LogP contribution in [0.15, 0.2) is 30.3 Å². The molecule has 2 aliphatic rings. The van der Waals surface area contributed by atoms with Crippen molar-refractivity contribution in [3.05, 3.63) is 47.4 Å². The van der Waals surface area contributed by atoms with Crippen molar-refractivity contribution in [1.29, 1.82) is 0 Å². The molecule has 172 valence electrons. The summed E-state index contributed by atoms with van der Waals surface area (Å²) in [4.78, 5) is 25.2. The monoisotopic (exact) mass is 437 g/mol. The van der Waals surface area contributed by atoms with Gasteiger partial charge in [-0.2, -0.15) is 0 Å². The third-order valence-corrected chi connectivity index (χ3v) is 6.97. The Kier molecular flexibility index (Phi) is 6.94. The van der Waals surface area contributed by atoms with Gasteiger partial charge in [0, 0.05) is 32.6 Å². The summed E-state index contributed by atoms with van der Waals surface area (Å²) in [5.41, 5.74) is 1.50. The van der Waals surface area contributed by atoms with Crippen LogP contribution >= 0.6 is 0 Å². The number of rotatable bonds is 7. The number of anilines is 1. The van der Waals surface area contributed by atoms with Crippen molar-refractivity contribution < 1.29 is 9.53 Å². The zero-order chi connectivity index (χ0) is 22.6. The highest BCUT2D eigenvalue weighted by Crippen LogP contribution is 2.43. The predicted molar refractivity (Wildman–Crippen MR) is 126 cm³/mol. The quantitative estimate of drug-likeness (QED) is 0.691. The minimum atomic E-state index is -0.462. The molecule has 7 heteroatoms. The standard InChI is InChI=1S/C25H35N5O2/c1-26-22-15-20(28-23(29-22)18-7-6-14-27-16-18)17-30(2)24(31)25(12-4-5-13-25)19-8-10-21(32-3)11-9-19/h8-11,15,18,27H,4-7,12-14,16-17H2,1-3H3,(H,26,28,29)/t18-/m0/s1. The molecule has 0 unspecified atom stereocenters. The molecule has 0 spiro atoms. The van der Waals surface area contributed by atoms with E-state index in [1.807, 2.05) is 49.3 Å². The normalized spacial score (nSPS) is 20.0. The van der Waals surface area contributed by atoms with E-state index in [0.717, 1.165) is 80.3 Å². The molecule has 2 fully saturated rings. The number of nitrogens with zero attached hydrogens (tertiary/aromatic N) is 3. The number of carbonyl (C=O) groups excluding carboxylic acids is 1. The van der Waals surface area contributed by atoms with Crippen LogP contribution in [0.25, 0.3) is 0 Å². The summed E-state index contributed by atoms with van der Waals surface area (Å²) < 4.78 is 5.31. The Hall–Kier alpha value is -2.67. The molecule has 0 bridgehead atoms. The zero-order valence-corrected chi connectivity index (χ0v) is 19.5. The lowest BCUT2D eigenvalue weighted by molar-refractivity contribution is -0.136. The number of nitrogens with one attached hydrogen (secondary N) is 2. The van der Waals surface area contributed by atoms with E-state index >= 15 is 0 Å². The average molecular weight is 438 g/mol. The predicted octanol–water partition coefficient (Wildman–Crippen LogP) is 3.46. The number of carbonyl (C=O) groups is 1. The molecule has 1 atom stereocenters. The topological polar surface area (TPSA) is 79.4 Å². The number of likely N-dealkylation sites (N-methyl/N-ethyl adjacent to an activating group) is 1. The minimum absolute atomic E-state index is 0.172. The number of amides is 1. The van der Waals surface area contributed by atoms with Gasteiger partial charge in [-0.15, -0.1) is 0 Å². The highest BCUT2D eigenvalue weighted by atomic mass is 16.5. The number of ether oxygens (including phenoxy) is 1. The summed E-state index contributed by atoms with van der Waals surface area (Å²) in [5, 5.41) is 6.61. The van der Waals surface area contributed by atoms with Crippen LogP contribution in [0, 0.1) is 0 Å². The highest BCUT2D eigenvalue weighted by molar-refractivity contribution is 5.88. The van der Waals surface area contributed by atoms with E-state index in [1.165, 1.54) is 0 Å². The molecule has 1 aromatic carbocycles. The van der Waals surface area contributed by atoms with Crippen LogP contribution in [0.5, 0.6) is 5.75 Å². The zero-order valence-electron chi connectivity index (χ0n) is 19.5. The first-order valence-corrected chi connectivity index (χ1v) is 11.7. The highest BCUT2D eigenvalue weighted by Gasteiger charge is 2.44. The number of aromatic nitrogens is 2. The first-order valence-electron chi connectivity index (χ1n) is 11.7. The molecule has 1 saturated carbocycles. The Labute approximate surface area is 191 Å². The lowest BCUT2D eigenvalue weighted by Gasteiger charge is -2.33. The van der Waals surface area contributed by atoms with Gasteiger partial charge in [-0.3, -0.25) is 4.79 Å². The summed E-state index contributed by atoms with van der Waals surface area (Å²) in [5.74, 6) is 2.98. The van der Waals surface area contributed by atoms with Crippen molar-refractivity contribution in [3.8, 4) is 5.75 Å². The smallest absolute Gasteiger partial charge is 0.233 e. The van der Waals surface area contributed by atoms with Crippen LogP contribution in [0.3, 0.4) is 0 Å². The van der Waals surface area contributed by atoms with E-state index in [1.54, 1.807) is 7.11 Å². The molecule has 1 aliphatic carbocycles. The van der Waals surface area contributed by atoms with Crippen molar-refractivity contribution in [1.82, 2.24) is 20.2 Å². The molecule has 1 amide bonds. The first-order chi connectivity index (χ1) is 15.6. The summed E-state index contributed by atoms with van der Waals surface area (Å²) in [7, 11) is 5.44. The van der Waals surface area contributed by atoms with E-state index < -0.39 is 5.41 Å². The van der Waals surface area contributed by atoms with Crippen LogP contribution in [-0.4, -0.2) is 55.1 Å². The van der Waals surface area contributed by atoms with Crippen molar-refractivity contribution in [3.63, 3.8) is 0 Å². The van der Waals surface area contributed by atoms with Gasteiger partial charge in [0.15, 0.2) is 0 Å². The van der Waals surface area contributed by atoms with Crippen LogP contribution < -0.4 is 15.4 Å². The largest absolute Gasteiger partial charge is 0.497 e. The third kappa shape index (κ3) is 4.58. The second-order valence-corrected chi connectivity index (χ2v) is 9.07. The maximum Gasteiger partial charge on any atom is 0.233 e. The van der Waals surface area contributed by atoms with Gasteiger partial charge in [0.2, 0.25) is 5.91 Å². The number of hydrogen-bond donors (Lipinski definition) is 2. The average Bonchev–Trinajstić information content (AvgIpc) is 3.35. The molecule has 2 aromatic rings. The van der Waals surface area contributed by atoms with Crippen molar-refractivity contribution in [2.24, 2.45) is 0 Å². The van der Waals surface area contributed by atoms with Gasteiger partial charge in [0.1, 0.15) is 17.4 Å². The number of piperidine rings is 1. The first kappa shape index (κ1) is 22.5. The van der Waals surface area contributed by atoms with Crippen LogP contribution in [-0.2, 0) is 16.8 Å². The Morgan fingerprint density at radius 2 is 1.97 bits per heavy atom. The van der Waals surface area contributed by atoms with Gasteiger partial charge < -0.3 is 20.3 Å². The molecular weight excluding hydrogens is 402 g/mol. The Morgan fingerprint density at radius 3 is 2.59 bits per heavy atom. The van der Waals surface area contributed by atoms with Gasteiger partial charge in [0.05, 0.1) is 24.8 Å². The van der Waals surface area contributed by atoms with E-state index in [2.05, 4.69) is 10.6 Å². The summed E-state index contributed by atoms with van der Waals surface area (Å²) >= 11 is 0. The van der Waals surface area contributed by atoms with Crippen molar-refractivity contribution in [2.45, 2.75) is 56.4 Å². The molecule has 1 saturated heterocycles. The number of methoxy groups -OCH3 is 1. The van der Waals surface area contributed by atoms with Crippen molar-refractivity contribution >= 4 is 11.7 Å². The van der Waals surface area contributed by atoms with E-state index in [-0.39, 0.29) is 5.91 Å². The summed E-state index contributed by atoms with van der Waals surface area (Å²) in [6.45, 7) is 2.43. The Balaban J connectivity index is 1.56. The maximum absolute atomic E-state index is 13.8. The lowest BCUT2D eigenvalue weighted by Crippen LogP contribution is -2.43. The van der Waals surface area contributed by atoms with E-state index in [4.69, 9.17) is 14.7 Å². The Morgan fingerprint density at radius 1 is 1.22 bits per heavy atom. The third-order valence-electron chi connectivity index (χ3n) is 6.97. The molecule has 0 radical (unpaired) electrons. The van der Waals surface area contributed by atoms with Gasteiger partial charge in [-0.05, 0) is 49.9 Å². The fraction of sp³-hybridized carbons (Fsp3) is 0.560. The Bertz CT molecular complexity index is 918. The van der Waals surface area contributed by atoms with Crippen LogP contribution in [0.4, 0.5) is 5.82 Å². The summed E-state index contributed by atoms with van der Waals surface area (Å²) in [6.07, 6.45) is 6.13. The molecule has 4 rings (SSSR count). The SMILES string of the molecule is CNc1cc(CN(C)C(=O)C2(c3ccc(OC)cc3)CCCC2)nc([C@H]2CCCNC2)n1. The van der Waals surface area contributed by atoms with E-state index in [9.17, 15) is 4.79 Å². The molecule has 1 aromatic heterocycles. The molecular formula is C25H35N5O2. The van der Waals surface area contributed by atoms with Gasteiger partial charge in [0.25, 0.3) is 0 Å². The molecule has 7 nitrogen and oxygen atoms in total. The van der Waals surface area contributed by atoms with Crippen molar-refractivity contribution in [2.75, 3.05) is 39.6 Å². The number of hydrogen-bond acceptors (Lipinski definition) is 6. The van der Waals surface area contributed by atoms with Crippen LogP contribution in [0.1, 0.15) is 61.5 Å². The van der Waals surface area contributed by atoms with Gasteiger partial charge in [-0.1, -0.05) is 25.0 Å². The summed E-state index contributed by atoms with van der Waals surface area (Å²) in [6, 6.07) is 9.97. The van der Waals surface area contributed by atoms with Gasteiger partial charge in [-0.25, -0.2) is 9.97 Å². The fourth-order valence-electron chi connectivity index (χ4n) is 5.18. The second-order valence-electron chi connectivity index (χ2n) is 9.07. The van der Waals surface area contributed by atoms with Gasteiger partial charge >= 0.3 is 0 Å². The lowest BCUT2D eigenvalue weighted by atomic mass is 9.77.